The third-order valence-corrected chi connectivity index (χ3v) is 5.22. The zero-order valence-electron chi connectivity index (χ0n) is 13.5. The Hall–Kier alpha value is -1.15. The number of methoxy groups -OCH3 is 1. The highest BCUT2D eigenvalue weighted by Gasteiger charge is 2.29. The molecule has 1 heterocycles. The maximum Gasteiger partial charge on any atom is 0.306 e. The molecule has 0 aromatic heterocycles. The van der Waals surface area contributed by atoms with Gasteiger partial charge >= 0.3 is 5.97 Å². The Kier molecular flexibility index (Phi) is 7.28. The summed E-state index contributed by atoms with van der Waals surface area (Å²) in [4.78, 5) is 25.2. The van der Waals surface area contributed by atoms with E-state index in [0.29, 0.717) is 25.4 Å². The van der Waals surface area contributed by atoms with Crippen LogP contribution < -0.4 is 5.32 Å². The van der Waals surface area contributed by atoms with Gasteiger partial charge in [-0.2, -0.15) is 0 Å². The average molecular weight is 334 g/mol. The second-order valence-corrected chi connectivity index (χ2v) is 8.35. The minimum absolute atomic E-state index is 0.0189. The fraction of sp³-hybridized carbons (Fsp3) is 0.857. The van der Waals surface area contributed by atoms with E-state index in [1.807, 2.05) is 18.7 Å². The largest absolute Gasteiger partial charge is 0.469 e. The maximum atomic E-state index is 12.1. The van der Waals surface area contributed by atoms with Gasteiger partial charge in [-0.3, -0.25) is 14.5 Å². The van der Waals surface area contributed by atoms with Crippen molar-refractivity contribution in [3.63, 3.8) is 0 Å². The standard InChI is InChI=1S/C14H26N2O5S/c1-11(2)8-16(6-4-14(18)21-3)9-13(17)15-12-5-7-22(19,20)10-12/h11-12H,4-10H2,1-3H3,(H,15,17)/t12-/m0/s1. The van der Waals surface area contributed by atoms with Gasteiger partial charge in [-0.15, -0.1) is 0 Å². The molecule has 0 radical (unpaired) electrons. The molecule has 7 nitrogen and oxygen atoms in total. The first-order chi connectivity index (χ1) is 10.2. The molecular formula is C14H26N2O5S. The highest BCUT2D eigenvalue weighted by molar-refractivity contribution is 7.91. The Bertz CT molecular complexity index is 489. The van der Waals surface area contributed by atoms with E-state index >= 15 is 0 Å². The van der Waals surface area contributed by atoms with Gasteiger partial charge in [0.05, 0.1) is 31.6 Å². The summed E-state index contributed by atoms with van der Waals surface area (Å²) in [5, 5.41) is 2.76. The molecule has 0 aromatic rings. The van der Waals surface area contributed by atoms with Gasteiger partial charge in [0, 0.05) is 19.1 Å². The number of carbonyl (C=O) groups is 2. The van der Waals surface area contributed by atoms with Crippen molar-refractivity contribution >= 4 is 21.7 Å². The van der Waals surface area contributed by atoms with Crippen molar-refractivity contribution in [1.29, 1.82) is 0 Å². The SMILES string of the molecule is COC(=O)CCN(CC(=O)N[C@H]1CCS(=O)(=O)C1)CC(C)C. The van der Waals surface area contributed by atoms with Crippen LogP contribution in [0, 0.1) is 5.92 Å². The van der Waals surface area contributed by atoms with Crippen molar-refractivity contribution in [2.45, 2.75) is 32.7 Å². The van der Waals surface area contributed by atoms with E-state index in [0.717, 1.165) is 0 Å². The van der Waals surface area contributed by atoms with Crippen molar-refractivity contribution in [2.75, 3.05) is 38.2 Å². The van der Waals surface area contributed by atoms with Crippen molar-refractivity contribution in [1.82, 2.24) is 10.2 Å². The van der Waals surface area contributed by atoms with Crippen LogP contribution in [0.1, 0.15) is 26.7 Å². The van der Waals surface area contributed by atoms with Gasteiger partial charge in [0.25, 0.3) is 0 Å². The maximum absolute atomic E-state index is 12.1. The third kappa shape index (κ3) is 7.22. The molecule has 0 aliphatic carbocycles. The molecular weight excluding hydrogens is 308 g/mol. The number of sulfone groups is 1. The molecule has 1 rings (SSSR count). The zero-order valence-corrected chi connectivity index (χ0v) is 14.3. The highest BCUT2D eigenvalue weighted by Crippen LogP contribution is 2.11. The number of rotatable bonds is 8. The van der Waals surface area contributed by atoms with Gasteiger partial charge in [0.2, 0.25) is 5.91 Å². The van der Waals surface area contributed by atoms with Crippen molar-refractivity contribution in [2.24, 2.45) is 5.92 Å². The van der Waals surface area contributed by atoms with E-state index in [9.17, 15) is 18.0 Å². The van der Waals surface area contributed by atoms with Crippen LogP contribution in [0.2, 0.25) is 0 Å². The summed E-state index contributed by atoms with van der Waals surface area (Å²) in [5.41, 5.74) is 0. The van der Waals surface area contributed by atoms with E-state index in [-0.39, 0.29) is 42.4 Å². The lowest BCUT2D eigenvalue weighted by atomic mass is 10.2. The van der Waals surface area contributed by atoms with Crippen LogP contribution in [0.3, 0.4) is 0 Å². The first-order valence-electron chi connectivity index (χ1n) is 7.51. The van der Waals surface area contributed by atoms with Crippen molar-refractivity contribution in [3.05, 3.63) is 0 Å². The molecule has 0 spiro atoms. The molecule has 0 unspecified atom stereocenters. The number of carbonyl (C=O) groups excluding carboxylic acids is 2. The molecule has 1 amide bonds. The zero-order chi connectivity index (χ0) is 16.8. The summed E-state index contributed by atoms with van der Waals surface area (Å²) in [6.45, 7) is 5.36. The third-order valence-electron chi connectivity index (χ3n) is 3.45. The Balaban J connectivity index is 2.46. The van der Waals surface area contributed by atoms with Crippen molar-refractivity contribution < 1.29 is 22.7 Å². The van der Waals surface area contributed by atoms with Crippen LogP contribution in [0.15, 0.2) is 0 Å². The van der Waals surface area contributed by atoms with E-state index in [1.165, 1.54) is 7.11 Å². The quantitative estimate of drug-likeness (QED) is 0.619. The second-order valence-electron chi connectivity index (χ2n) is 6.12. The number of hydrogen-bond donors (Lipinski definition) is 1. The molecule has 1 fully saturated rings. The van der Waals surface area contributed by atoms with Gasteiger partial charge in [0.1, 0.15) is 0 Å². The summed E-state index contributed by atoms with van der Waals surface area (Å²) in [7, 11) is -1.67. The van der Waals surface area contributed by atoms with Crippen LogP contribution in [-0.4, -0.2) is 69.5 Å². The lowest BCUT2D eigenvalue weighted by Gasteiger charge is -2.24. The number of amides is 1. The summed E-state index contributed by atoms with van der Waals surface area (Å²) < 4.78 is 27.4. The van der Waals surface area contributed by atoms with Gasteiger partial charge in [0.15, 0.2) is 9.84 Å². The molecule has 0 aromatic carbocycles. The second kappa shape index (κ2) is 8.47. The summed E-state index contributed by atoms with van der Waals surface area (Å²) in [5.74, 6) is 0.00197. The number of nitrogens with one attached hydrogen (secondary N) is 1. The predicted octanol–water partition coefficient (Wildman–Crippen LogP) is -0.189. The van der Waals surface area contributed by atoms with E-state index in [4.69, 9.17) is 0 Å². The molecule has 1 saturated heterocycles. The molecule has 22 heavy (non-hydrogen) atoms. The average Bonchev–Trinajstić information content (AvgIpc) is 2.73. The normalized spacial score (nSPS) is 20.3. The first kappa shape index (κ1) is 18.9. The molecule has 1 aliphatic rings. The topological polar surface area (TPSA) is 92.8 Å². The van der Waals surface area contributed by atoms with E-state index in [2.05, 4.69) is 10.1 Å². The number of nitrogens with zero attached hydrogens (tertiary/aromatic N) is 1. The number of esters is 1. The lowest BCUT2D eigenvalue weighted by Crippen LogP contribution is -2.44. The minimum atomic E-state index is -3.00. The van der Waals surface area contributed by atoms with Gasteiger partial charge in [-0.25, -0.2) is 8.42 Å². The van der Waals surface area contributed by atoms with Crippen LogP contribution in [0.5, 0.6) is 0 Å². The monoisotopic (exact) mass is 334 g/mol. The van der Waals surface area contributed by atoms with Crippen molar-refractivity contribution in [3.8, 4) is 0 Å². The smallest absolute Gasteiger partial charge is 0.306 e. The Labute approximate surface area is 132 Å². The minimum Gasteiger partial charge on any atom is -0.469 e. The summed E-state index contributed by atoms with van der Waals surface area (Å²) >= 11 is 0. The highest BCUT2D eigenvalue weighted by atomic mass is 32.2. The Morgan fingerprint density at radius 3 is 2.55 bits per heavy atom. The lowest BCUT2D eigenvalue weighted by molar-refractivity contribution is -0.141. The number of hydrogen-bond acceptors (Lipinski definition) is 6. The molecule has 1 atom stereocenters. The first-order valence-corrected chi connectivity index (χ1v) is 9.33. The Morgan fingerprint density at radius 2 is 2.05 bits per heavy atom. The predicted molar refractivity (Wildman–Crippen MR) is 83.1 cm³/mol. The number of ether oxygens (including phenoxy) is 1. The van der Waals surface area contributed by atoms with Crippen LogP contribution >= 0.6 is 0 Å². The molecule has 0 bridgehead atoms. The fourth-order valence-corrected chi connectivity index (χ4v) is 4.16. The van der Waals surface area contributed by atoms with Crippen LogP contribution in [0.25, 0.3) is 0 Å². The molecule has 128 valence electrons. The molecule has 1 aliphatic heterocycles. The molecule has 8 heteroatoms. The summed E-state index contributed by atoms with van der Waals surface area (Å²) in [6.07, 6.45) is 0.703. The van der Waals surface area contributed by atoms with Crippen LogP contribution in [-0.2, 0) is 24.2 Å². The molecule has 0 saturated carbocycles. The summed E-state index contributed by atoms with van der Waals surface area (Å²) in [6, 6.07) is -0.293. The fourth-order valence-electron chi connectivity index (χ4n) is 2.49. The van der Waals surface area contributed by atoms with Gasteiger partial charge in [-0.1, -0.05) is 13.8 Å². The molecule has 1 N–H and O–H groups in total. The Morgan fingerprint density at radius 1 is 1.36 bits per heavy atom. The van der Waals surface area contributed by atoms with Crippen LogP contribution in [0.4, 0.5) is 0 Å². The van der Waals surface area contributed by atoms with Gasteiger partial charge < -0.3 is 10.1 Å². The van der Waals surface area contributed by atoms with E-state index in [1.54, 1.807) is 0 Å². The van der Waals surface area contributed by atoms with Gasteiger partial charge in [-0.05, 0) is 12.3 Å². The van der Waals surface area contributed by atoms with E-state index < -0.39 is 9.84 Å².